The molecule has 0 saturated heterocycles. The summed E-state index contributed by atoms with van der Waals surface area (Å²) in [5, 5.41) is 5.56. The largest absolute Gasteiger partial charge is 0.497 e. The number of amides is 3. The fourth-order valence-corrected chi connectivity index (χ4v) is 2.50. The minimum Gasteiger partial charge on any atom is -0.497 e. The van der Waals surface area contributed by atoms with Gasteiger partial charge in [0.25, 0.3) is 11.8 Å². The van der Waals surface area contributed by atoms with E-state index < -0.39 is 11.9 Å². The van der Waals surface area contributed by atoms with E-state index in [2.05, 4.69) is 10.6 Å². The number of nitrogens with two attached hydrogens (primary N) is 1. The van der Waals surface area contributed by atoms with Crippen LogP contribution in [-0.4, -0.2) is 44.5 Å². The van der Waals surface area contributed by atoms with Crippen molar-refractivity contribution < 1.29 is 24.0 Å². The number of anilines is 2. The summed E-state index contributed by atoms with van der Waals surface area (Å²) >= 11 is 0. The number of quaternary nitrogens is 1. The van der Waals surface area contributed by atoms with E-state index in [9.17, 15) is 14.4 Å². The third-order valence-corrected chi connectivity index (χ3v) is 4.36. The van der Waals surface area contributed by atoms with Gasteiger partial charge in [-0.25, -0.2) is 0 Å². The van der Waals surface area contributed by atoms with E-state index in [0.717, 1.165) is 4.90 Å². The number of hydrogen-bond donors (Lipinski definition) is 4. The van der Waals surface area contributed by atoms with Crippen LogP contribution in [0.5, 0.6) is 5.75 Å². The van der Waals surface area contributed by atoms with Gasteiger partial charge in [0.2, 0.25) is 5.91 Å². The van der Waals surface area contributed by atoms with Crippen molar-refractivity contribution in [3.63, 3.8) is 0 Å². The molecular weight excluding hydrogens is 360 g/mol. The third kappa shape index (κ3) is 5.82. The van der Waals surface area contributed by atoms with Gasteiger partial charge in [-0.3, -0.25) is 14.4 Å². The van der Waals surface area contributed by atoms with Crippen LogP contribution in [0.1, 0.15) is 17.3 Å². The first-order valence-electron chi connectivity index (χ1n) is 8.77. The summed E-state index contributed by atoms with van der Waals surface area (Å²) in [6.07, 6.45) is 0. The lowest BCUT2D eigenvalue weighted by Crippen LogP contribution is -3.14. The van der Waals surface area contributed by atoms with Gasteiger partial charge in [-0.15, -0.1) is 0 Å². The lowest BCUT2D eigenvalue weighted by molar-refractivity contribution is -0.885. The SMILES string of the molecule is COc1cccc(NC(=O)C[NH+](C)[C@@H](C)C(=O)Nc2ccc(C(N)=O)cc2)c1. The Morgan fingerprint density at radius 3 is 2.36 bits per heavy atom. The highest BCUT2D eigenvalue weighted by Gasteiger charge is 2.24. The molecule has 0 aliphatic rings. The molecule has 2 aromatic rings. The molecule has 28 heavy (non-hydrogen) atoms. The smallest absolute Gasteiger partial charge is 0.282 e. The van der Waals surface area contributed by atoms with E-state index in [0.29, 0.717) is 22.7 Å². The molecule has 8 heteroatoms. The molecule has 5 N–H and O–H groups in total. The maximum absolute atomic E-state index is 12.4. The van der Waals surface area contributed by atoms with Gasteiger partial charge >= 0.3 is 0 Å². The van der Waals surface area contributed by atoms with E-state index in [1.54, 1.807) is 69.6 Å². The van der Waals surface area contributed by atoms with Crippen LogP contribution >= 0.6 is 0 Å². The van der Waals surface area contributed by atoms with Gasteiger partial charge in [-0.05, 0) is 43.3 Å². The topological polar surface area (TPSA) is 115 Å². The Hall–Kier alpha value is -3.39. The van der Waals surface area contributed by atoms with Crippen molar-refractivity contribution in [2.45, 2.75) is 13.0 Å². The standard InChI is InChI=1S/C20H24N4O4/c1-13(20(27)23-15-9-7-14(8-10-15)19(21)26)24(2)12-18(25)22-16-5-4-6-17(11-16)28-3/h4-11,13H,12H2,1-3H3,(H2,21,26)(H,22,25)(H,23,27)/p+1/t13-/m0/s1. The molecule has 3 amide bonds. The summed E-state index contributed by atoms with van der Waals surface area (Å²) < 4.78 is 5.13. The van der Waals surface area contributed by atoms with E-state index in [1.165, 1.54) is 0 Å². The number of methoxy groups -OCH3 is 1. The van der Waals surface area contributed by atoms with E-state index >= 15 is 0 Å². The van der Waals surface area contributed by atoms with Gasteiger partial charge in [0.05, 0.1) is 14.2 Å². The molecule has 0 radical (unpaired) electrons. The van der Waals surface area contributed by atoms with Gasteiger partial charge in [0.1, 0.15) is 5.75 Å². The van der Waals surface area contributed by atoms with Gasteiger partial charge in [0, 0.05) is 23.0 Å². The highest BCUT2D eigenvalue weighted by Crippen LogP contribution is 2.16. The van der Waals surface area contributed by atoms with Crippen LogP contribution in [0.25, 0.3) is 0 Å². The molecule has 0 aliphatic carbocycles. The lowest BCUT2D eigenvalue weighted by atomic mass is 10.2. The van der Waals surface area contributed by atoms with Gasteiger partial charge < -0.3 is 26.0 Å². The normalized spacial score (nSPS) is 12.5. The Morgan fingerprint density at radius 2 is 1.75 bits per heavy atom. The maximum atomic E-state index is 12.4. The van der Waals surface area contributed by atoms with E-state index in [1.807, 2.05) is 0 Å². The van der Waals surface area contributed by atoms with Crippen LogP contribution in [0.2, 0.25) is 0 Å². The summed E-state index contributed by atoms with van der Waals surface area (Å²) in [6.45, 7) is 1.85. The molecule has 0 aromatic heterocycles. The number of benzene rings is 2. The zero-order valence-corrected chi connectivity index (χ0v) is 16.1. The molecule has 0 heterocycles. The Bertz CT molecular complexity index is 852. The number of carbonyl (C=O) groups excluding carboxylic acids is 3. The fourth-order valence-electron chi connectivity index (χ4n) is 2.50. The number of hydrogen-bond acceptors (Lipinski definition) is 4. The summed E-state index contributed by atoms with van der Waals surface area (Å²) in [4.78, 5) is 36.5. The second-order valence-electron chi connectivity index (χ2n) is 6.46. The van der Waals surface area contributed by atoms with Crippen LogP contribution in [0.15, 0.2) is 48.5 Å². The monoisotopic (exact) mass is 385 g/mol. The van der Waals surface area contributed by atoms with Crippen molar-refractivity contribution >= 4 is 29.1 Å². The summed E-state index contributed by atoms with van der Waals surface area (Å²) in [5.74, 6) is -0.333. The van der Waals surface area contributed by atoms with Crippen molar-refractivity contribution in [3.05, 3.63) is 54.1 Å². The second kappa shape index (κ2) is 9.52. The Morgan fingerprint density at radius 1 is 1.07 bits per heavy atom. The van der Waals surface area contributed by atoms with Crippen molar-refractivity contribution in [3.8, 4) is 5.75 Å². The van der Waals surface area contributed by atoms with Gasteiger partial charge in [-0.2, -0.15) is 0 Å². The first kappa shape index (κ1) is 20.9. The first-order valence-corrected chi connectivity index (χ1v) is 8.77. The quantitative estimate of drug-likeness (QED) is 0.522. The molecule has 8 nitrogen and oxygen atoms in total. The minimum absolute atomic E-state index is 0.117. The highest BCUT2D eigenvalue weighted by molar-refractivity contribution is 5.96. The average molecular weight is 385 g/mol. The maximum Gasteiger partial charge on any atom is 0.282 e. The van der Waals surface area contributed by atoms with Crippen LogP contribution in [0.3, 0.4) is 0 Å². The molecule has 2 atom stereocenters. The molecule has 0 aliphatic heterocycles. The Balaban J connectivity index is 1.89. The molecule has 0 fully saturated rings. The molecule has 0 bridgehead atoms. The third-order valence-electron chi connectivity index (χ3n) is 4.36. The predicted octanol–water partition coefficient (Wildman–Crippen LogP) is 0.275. The number of ether oxygens (including phenoxy) is 1. The molecular formula is C20H25N4O4+. The van der Waals surface area contributed by atoms with Crippen LogP contribution in [0.4, 0.5) is 11.4 Å². The predicted molar refractivity (Wildman–Crippen MR) is 106 cm³/mol. The molecule has 148 valence electrons. The van der Waals surface area contributed by atoms with E-state index in [4.69, 9.17) is 10.5 Å². The first-order chi connectivity index (χ1) is 13.3. The zero-order chi connectivity index (χ0) is 20.7. The van der Waals surface area contributed by atoms with Crippen molar-refractivity contribution in [2.24, 2.45) is 5.73 Å². The number of primary amides is 1. The van der Waals surface area contributed by atoms with Crippen LogP contribution < -0.4 is 26.0 Å². The Labute approximate surface area is 163 Å². The van der Waals surface area contributed by atoms with E-state index in [-0.39, 0.29) is 18.4 Å². The van der Waals surface area contributed by atoms with Crippen molar-refractivity contribution in [1.82, 2.24) is 0 Å². The minimum atomic E-state index is -0.530. The highest BCUT2D eigenvalue weighted by atomic mass is 16.5. The summed E-state index contributed by atoms with van der Waals surface area (Å²) in [5.41, 5.74) is 6.74. The lowest BCUT2D eigenvalue weighted by Gasteiger charge is -2.20. The summed E-state index contributed by atoms with van der Waals surface area (Å²) in [7, 11) is 3.33. The molecule has 1 unspecified atom stereocenters. The Kier molecular flexibility index (Phi) is 7.11. The molecule has 2 rings (SSSR count). The summed E-state index contributed by atoms with van der Waals surface area (Å²) in [6, 6.07) is 12.9. The number of carbonyl (C=O) groups is 3. The average Bonchev–Trinajstić information content (AvgIpc) is 2.67. The van der Waals surface area contributed by atoms with Crippen LogP contribution in [-0.2, 0) is 9.59 Å². The second-order valence-corrected chi connectivity index (χ2v) is 6.46. The molecule has 0 spiro atoms. The van der Waals surface area contributed by atoms with Gasteiger partial charge in [0.15, 0.2) is 12.6 Å². The van der Waals surface area contributed by atoms with Gasteiger partial charge in [-0.1, -0.05) is 6.07 Å². The number of likely N-dealkylation sites (N-methyl/N-ethyl adjacent to an activating group) is 1. The molecule has 0 saturated carbocycles. The fraction of sp³-hybridized carbons (Fsp3) is 0.250. The van der Waals surface area contributed by atoms with Crippen molar-refractivity contribution in [1.29, 1.82) is 0 Å². The van der Waals surface area contributed by atoms with Crippen LogP contribution in [0, 0.1) is 0 Å². The number of rotatable bonds is 8. The molecule has 2 aromatic carbocycles. The van der Waals surface area contributed by atoms with Crippen molar-refractivity contribution in [2.75, 3.05) is 31.3 Å². The zero-order valence-electron chi connectivity index (χ0n) is 16.1. The number of nitrogens with one attached hydrogen (secondary N) is 3.